The molecule has 0 aromatic rings. The number of rotatable bonds is 3. The van der Waals surface area contributed by atoms with Gasteiger partial charge in [-0.15, -0.1) is 0 Å². The van der Waals surface area contributed by atoms with Gasteiger partial charge < -0.3 is 24.1 Å². The van der Waals surface area contributed by atoms with Crippen molar-refractivity contribution in [3.05, 3.63) is 0 Å². The Bertz CT molecular complexity index is 632. The highest BCUT2D eigenvalue weighted by molar-refractivity contribution is 5.67. The molecule has 0 amide bonds. The number of carbonyl (C=O) groups excluding carboxylic acids is 2. The molecule has 0 spiro atoms. The summed E-state index contributed by atoms with van der Waals surface area (Å²) in [4.78, 5) is 23.7. The van der Waals surface area contributed by atoms with Crippen LogP contribution in [0.2, 0.25) is 0 Å². The monoisotopic (exact) mass is 384 g/mol. The number of esters is 2. The van der Waals surface area contributed by atoms with Gasteiger partial charge >= 0.3 is 11.9 Å². The third kappa shape index (κ3) is 2.65. The highest BCUT2D eigenvalue weighted by atomic mass is 16.7. The Hall–Kier alpha value is -1.18. The summed E-state index contributed by atoms with van der Waals surface area (Å²) in [6.45, 7) is 10.8. The Morgan fingerprint density at radius 1 is 1.11 bits per heavy atom. The molecule has 7 nitrogen and oxygen atoms in total. The first kappa shape index (κ1) is 20.6. The molecule has 3 fully saturated rings. The Labute approximate surface area is 160 Å². The molecule has 3 rings (SSSR count). The first-order valence-corrected chi connectivity index (χ1v) is 9.62. The number of aliphatic hydroxyl groups is 1. The summed E-state index contributed by atoms with van der Waals surface area (Å²) >= 11 is 0. The second kappa shape index (κ2) is 6.42. The van der Waals surface area contributed by atoms with Crippen molar-refractivity contribution < 1.29 is 33.6 Å². The Morgan fingerprint density at radius 3 is 2.22 bits per heavy atom. The van der Waals surface area contributed by atoms with Crippen LogP contribution in [0.4, 0.5) is 0 Å². The minimum absolute atomic E-state index is 0.00736. The summed E-state index contributed by atoms with van der Waals surface area (Å²) in [6, 6.07) is 0. The van der Waals surface area contributed by atoms with Gasteiger partial charge in [0.25, 0.3) is 0 Å². The summed E-state index contributed by atoms with van der Waals surface area (Å²) in [5.74, 6) is -1.52. The minimum Gasteiger partial charge on any atom is -0.462 e. The fourth-order valence-electron chi connectivity index (χ4n) is 6.57. The van der Waals surface area contributed by atoms with Crippen LogP contribution in [0, 0.1) is 28.6 Å². The molecule has 1 N–H and O–H groups in total. The van der Waals surface area contributed by atoms with E-state index >= 15 is 0 Å². The van der Waals surface area contributed by atoms with E-state index in [1.54, 1.807) is 7.11 Å². The lowest BCUT2D eigenvalue weighted by Crippen LogP contribution is -2.70. The summed E-state index contributed by atoms with van der Waals surface area (Å²) in [5, 5.41) is 12.3. The van der Waals surface area contributed by atoms with Gasteiger partial charge in [0.2, 0.25) is 0 Å². The van der Waals surface area contributed by atoms with E-state index in [1.807, 2.05) is 27.7 Å². The Morgan fingerprint density at radius 2 is 1.70 bits per heavy atom. The summed E-state index contributed by atoms with van der Waals surface area (Å²) < 4.78 is 23.0. The van der Waals surface area contributed by atoms with Crippen molar-refractivity contribution in [2.75, 3.05) is 13.7 Å². The lowest BCUT2D eigenvalue weighted by atomic mass is 9.54. The normalized spacial score (nSPS) is 47.9. The van der Waals surface area contributed by atoms with Gasteiger partial charge in [-0.3, -0.25) is 9.59 Å². The molecular formula is C20H32O7. The third-order valence-corrected chi connectivity index (χ3v) is 7.22. The van der Waals surface area contributed by atoms with Gasteiger partial charge in [-0.2, -0.15) is 0 Å². The van der Waals surface area contributed by atoms with Crippen molar-refractivity contribution in [3.8, 4) is 0 Å². The molecule has 0 unspecified atom stereocenters. The highest BCUT2D eigenvalue weighted by Crippen LogP contribution is 2.69. The average Bonchev–Trinajstić information content (AvgIpc) is 2.65. The van der Waals surface area contributed by atoms with Crippen LogP contribution in [-0.2, 0) is 28.5 Å². The number of hydrogen-bond donors (Lipinski definition) is 1. The van der Waals surface area contributed by atoms with E-state index in [0.29, 0.717) is 6.42 Å². The van der Waals surface area contributed by atoms with Crippen molar-refractivity contribution in [1.82, 2.24) is 0 Å². The van der Waals surface area contributed by atoms with E-state index in [0.717, 1.165) is 0 Å². The smallest absolute Gasteiger partial charge is 0.302 e. The Balaban J connectivity index is 2.19. The standard InChI is InChI=1S/C20H32O7/c1-10-8-13(26-11(2)21)15-18(4,5)17(27-12(3)22)19(6)9-25-16(24-7)14(10)20(15,19)23/h10,13-17,23H,8-9H2,1-7H3/t10-,13+,14-,15+,16+,17-,19+,20-/m1/s1. The minimum atomic E-state index is -1.27. The molecule has 2 aliphatic carbocycles. The molecule has 0 aromatic heterocycles. The largest absolute Gasteiger partial charge is 0.462 e. The molecule has 0 bridgehead atoms. The molecule has 1 saturated heterocycles. The number of hydrogen-bond acceptors (Lipinski definition) is 7. The van der Waals surface area contributed by atoms with Gasteiger partial charge in [-0.1, -0.05) is 27.7 Å². The average molecular weight is 384 g/mol. The van der Waals surface area contributed by atoms with E-state index in [4.69, 9.17) is 18.9 Å². The van der Waals surface area contributed by atoms with E-state index in [9.17, 15) is 14.7 Å². The van der Waals surface area contributed by atoms with Crippen molar-refractivity contribution >= 4 is 11.9 Å². The van der Waals surface area contributed by atoms with Crippen LogP contribution in [0.25, 0.3) is 0 Å². The second-order valence-corrected chi connectivity index (χ2v) is 9.33. The van der Waals surface area contributed by atoms with Crippen LogP contribution in [-0.4, -0.2) is 54.9 Å². The molecule has 154 valence electrons. The zero-order valence-corrected chi connectivity index (χ0v) is 17.3. The number of ether oxygens (including phenoxy) is 4. The predicted molar refractivity (Wildman–Crippen MR) is 95.5 cm³/mol. The maximum Gasteiger partial charge on any atom is 0.302 e. The van der Waals surface area contributed by atoms with Crippen molar-refractivity contribution in [3.63, 3.8) is 0 Å². The molecule has 27 heavy (non-hydrogen) atoms. The van der Waals surface area contributed by atoms with Crippen molar-refractivity contribution in [1.29, 1.82) is 0 Å². The predicted octanol–water partition coefficient (Wildman–Crippen LogP) is 1.90. The quantitative estimate of drug-likeness (QED) is 0.743. The molecule has 0 aromatic carbocycles. The molecule has 2 saturated carbocycles. The van der Waals surface area contributed by atoms with Gasteiger partial charge in [-0.25, -0.2) is 0 Å². The zero-order chi connectivity index (χ0) is 20.4. The fraction of sp³-hybridized carbons (Fsp3) is 0.900. The molecule has 1 aliphatic heterocycles. The molecule has 8 atom stereocenters. The molecule has 0 radical (unpaired) electrons. The van der Waals surface area contributed by atoms with Crippen molar-refractivity contribution in [2.45, 2.75) is 72.1 Å². The zero-order valence-electron chi connectivity index (χ0n) is 17.3. The molecule has 7 heteroatoms. The maximum absolute atomic E-state index is 12.3. The van der Waals surface area contributed by atoms with Crippen LogP contribution in [0.1, 0.15) is 48.0 Å². The van der Waals surface area contributed by atoms with Crippen molar-refractivity contribution in [2.24, 2.45) is 28.6 Å². The molecule has 1 heterocycles. The van der Waals surface area contributed by atoms with Gasteiger partial charge in [0, 0.05) is 38.2 Å². The van der Waals surface area contributed by atoms with E-state index in [1.165, 1.54) is 13.8 Å². The van der Waals surface area contributed by atoms with Crippen LogP contribution >= 0.6 is 0 Å². The maximum atomic E-state index is 12.3. The van der Waals surface area contributed by atoms with E-state index in [-0.39, 0.29) is 24.4 Å². The molecule has 3 aliphatic rings. The Kier molecular flexibility index (Phi) is 4.89. The lowest BCUT2D eigenvalue weighted by molar-refractivity contribution is -0.329. The first-order valence-electron chi connectivity index (χ1n) is 9.62. The van der Waals surface area contributed by atoms with Gasteiger partial charge in [0.15, 0.2) is 6.29 Å². The van der Waals surface area contributed by atoms with Gasteiger partial charge in [0.1, 0.15) is 12.2 Å². The first-order chi connectivity index (χ1) is 12.4. The second-order valence-electron chi connectivity index (χ2n) is 9.33. The number of carbonyl (C=O) groups is 2. The van der Waals surface area contributed by atoms with E-state index < -0.39 is 46.8 Å². The third-order valence-electron chi connectivity index (χ3n) is 7.22. The van der Waals surface area contributed by atoms with E-state index in [2.05, 4.69) is 0 Å². The summed E-state index contributed by atoms with van der Waals surface area (Å²) in [5.41, 5.74) is -2.74. The SMILES string of the molecule is CO[C@H]1OC[C@@]2(C)[C@H](OC(C)=O)C(C)(C)[C@@H]3[C@@H](OC(C)=O)C[C@@H](C)[C@H]1[C@@]32O. The summed E-state index contributed by atoms with van der Waals surface area (Å²) in [6.07, 6.45) is -1.02. The highest BCUT2D eigenvalue weighted by Gasteiger charge is 2.80. The van der Waals surface area contributed by atoms with Gasteiger partial charge in [0.05, 0.1) is 17.6 Å². The number of methoxy groups -OCH3 is 1. The van der Waals surface area contributed by atoms with Gasteiger partial charge in [-0.05, 0) is 12.3 Å². The van der Waals surface area contributed by atoms with Crippen LogP contribution in [0.3, 0.4) is 0 Å². The lowest BCUT2D eigenvalue weighted by Gasteiger charge is -2.59. The topological polar surface area (TPSA) is 91.3 Å². The van der Waals surface area contributed by atoms with Crippen LogP contribution in [0.5, 0.6) is 0 Å². The molecular weight excluding hydrogens is 352 g/mol. The van der Waals surface area contributed by atoms with Crippen LogP contribution < -0.4 is 0 Å². The summed E-state index contributed by atoms with van der Waals surface area (Å²) in [7, 11) is 1.57. The van der Waals surface area contributed by atoms with Crippen LogP contribution in [0.15, 0.2) is 0 Å². The fourth-order valence-corrected chi connectivity index (χ4v) is 6.57.